The van der Waals surface area contributed by atoms with Crippen molar-refractivity contribution in [2.24, 2.45) is 5.92 Å². The number of pyridine rings is 1. The van der Waals surface area contributed by atoms with Crippen molar-refractivity contribution in [1.29, 1.82) is 0 Å². The first-order valence-electron chi connectivity index (χ1n) is 8.64. The largest absolute Gasteiger partial charge is 0.653 e. The Morgan fingerprint density at radius 1 is 1.48 bits per heavy atom. The Bertz CT molecular complexity index is 809. The number of aromatic nitrogens is 2. The minimum atomic E-state index is -1.11. The van der Waals surface area contributed by atoms with Crippen molar-refractivity contribution < 1.29 is 18.9 Å². The molecule has 2 aromatic heterocycles. The second kappa shape index (κ2) is 9.24. The lowest BCUT2D eigenvalue weighted by atomic mass is 9.84. The number of fused-ring (bicyclic) bond motifs is 1. The van der Waals surface area contributed by atoms with Crippen LogP contribution in [0.5, 0.6) is 0 Å². The summed E-state index contributed by atoms with van der Waals surface area (Å²) < 4.78 is 12.5. The molecule has 3 rings (SSSR count). The highest BCUT2D eigenvalue weighted by Gasteiger charge is 2.35. The van der Waals surface area contributed by atoms with E-state index in [-0.39, 0.29) is 14.0 Å². The molecule has 0 radical (unpaired) electrons. The minimum absolute atomic E-state index is 0. The monoisotopic (exact) mass is 393 g/mol. The van der Waals surface area contributed by atoms with Gasteiger partial charge in [-0.2, -0.15) is 0 Å². The number of carbonyl (C=O) groups excluding carboxylic acids is 2. The van der Waals surface area contributed by atoms with Gasteiger partial charge in [-0.25, -0.2) is 4.98 Å². The second-order valence-electron chi connectivity index (χ2n) is 6.55. The SMILES string of the molecule is C.CCN(C)CC(=O)OB(OC=O)c1cc2ccc(Cl)nc2n1CC1CC1. The third kappa shape index (κ3) is 5.23. The summed E-state index contributed by atoms with van der Waals surface area (Å²) in [5.74, 6) is 0.0827. The van der Waals surface area contributed by atoms with Crippen LogP contribution in [0.1, 0.15) is 27.2 Å². The van der Waals surface area contributed by atoms with E-state index in [1.807, 2.05) is 30.7 Å². The van der Waals surface area contributed by atoms with Gasteiger partial charge < -0.3 is 13.9 Å². The highest BCUT2D eigenvalue weighted by molar-refractivity contribution is 6.63. The van der Waals surface area contributed by atoms with E-state index in [1.165, 1.54) is 0 Å². The third-order valence-corrected chi connectivity index (χ3v) is 4.69. The zero-order chi connectivity index (χ0) is 18.7. The maximum absolute atomic E-state index is 12.2. The number of rotatable bonds is 9. The number of hydrogen-bond acceptors (Lipinski definition) is 6. The number of hydrogen-bond donors (Lipinski definition) is 0. The van der Waals surface area contributed by atoms with Crippen LogP contribution in [0.3, 0.4) is 0 Å². The summed E-state index contributed by atoms with van der Waals surface area (Å²) in [6.07, 6.45) is 2.28. The van der Waals surface area contributed by atoms with Crippen molar-refractivity contribution in [2.45, 2.75) is 33.7 Å². The van der Waals surface area contributed by atoms with Crippen molar-refractivity contribution in [2.75, 3.05) is 20.1 Å². The van der Waals surface area contributed by atoms with Gasteiger partial charge in [-0.3, -0.25) is 14.5 Å². The van der Waals surface area contributed by atoms with E-state index in [9.17, 15) is 9.59 Å². The summed E-state index contributed by atoms with van der Waals surface area (Å²) in [6, 6.07) is 5.38. The van der Waals surface area contributed by atoms with Crippen molar-refractivity contribution in [3.05, 3.63) is 23.4 Å². The quantitative estimate of drug-likeness (QED) is 0.369. The van der Waals surface area contributed by atoms with Crippen LogP contribution >= 0.6 is 11.6 Å². The molecule has 0 spiro atoms. The first kappa shape index (κ1) is 21.2. The van der Waals surface area contributed by atoms with Crippen LogP contribution in [0.15, 0.2) is 18.2 Å². The minimum Gasteiger partial charge on any atom is -0.497 e. The predicted molar refractivity (Wildman–Crippen MR) is 106 cm³/mol. The molecule has 1 saturated carbocycles. The highest BCUT2D eigenvalue weighted by Crippen LogP contribution is 2.31. The Labute approximate surface area is 164 Å². The van der Waals surface area contributed by atoms with Crippen LogP contribution in [-0.4, -0.2) is 54.1 Å². The molecule has 0 atom stereocenters. The molecule has 0 aliphatic heterocycles. The average molecular weight is 394 g/mol. The van der Waals surface area contributed by atoms with Crippen molar-refractivity contribution in [1.82, 2.24) is 14.5 Å². The summed E-state index contributed by atoms with van der Waals surface area (Å²) >= 11 is 6.05. The third-order valence-electron chi connectivity index (χ3n) is 4.48. The van der Waals surface area contributed by atoms with Gasteiger partial charge in [0.05, 0.1) is 12.1 Å². The van der Waals surface area contributed by atoms with Crippen molar-refractivity contribution >= 4 is 47.8 Å². The van der Waals surface area contributed by atoms with E-state index in [4.69, 9.17) is 20.9 Å². The molecule has 0 amide bonds. The summed E-state index contributed by atoms with van der Waals surface area (Å²) in [5, 5.41) is 1.24. The van der Waals surface area contributed by atoms with Crippen LogP contribution in [0.4, 0.5) is 0 Å². The second-order valence-corrected chi connectivity index (χ2v) is 6.94. The molecule has 0 aromatic carbocycles. The van der Waals surface area contributed by atoms with Gasteiger partial charge in [-0.05, 0) is 50.6 Å². The lowest BCUT2D eigenvalue weighted by Crippen LogP contribution is -2.44. The van der Waals surface area contributed by atoms with Gasteiger partial charge in [0.25, 0.3) is 6.47 Å². The summed E-state index contributed by atoms with van der Waals surface area (Å²) in [6.45, 7) is 3.77. The molecule has 146 valence electrons. The van der Waals surface area contributed by atoms with Gasteiger partial charge >= 0.3 is 13.1 Å². The molecule has 1 aliphatic rings. The zero-order valence-electron chi connectivity index (χ0n) is 14.9. The van der Waals surface area contributed by atoms with Crippen LogP contribution in [-0.2, 0) is 25.4 Å². The molecule has 2 aromatic rings. The molecule has 0 unspecified atom stereocenters. The lowest BCUT2D eigenvalue weighted by Gasteiger charge is -2.17. The number of halogens is 1. The maximum Gasteiger partial charge on any atom is 0.653 e. The van der Waals surface area contributed by atoms with Crippen LogP contribution < -0.4 is 5.59 Å². The fraction of sp³-hybridized carbons (Fsp3) is 0.500. The van der Waals surface area contributed by atoms with Gasteiger partial charge in [-0.15, -0.1) is 0 Å². The highest BCUT2D eigenvalue weighted by atomic mass is 35.5. The smallest absolute Gasteiger partial charge is 0.497 e. The Kier molecular flexibility index (Phi) is 7.27. The number of carbonyl (C=O) groups is 2. The van der Waals surface area contributed by atoms with E-state index in [0.29, 0.717) is 35.3 Å². The molecule has 1 aliphatic carbocycles. The normalized spacial score (nSPS) is 13.3. The Hall–Kier alpha value is -2.06. The van der Waals surface area contributed by atoms with Crippen molar-refractivity contribution in [3.63, 3.8) is 0 Å². The average Bonchev–Trinajstić information content (AvgIpc) is 3.36. The Morgan fingerprint density at radius 2 is 2.22 bits per heavy atom. The molecule has 1 fully saturated rings. The molecule has 9 heteroatoms. The van der Waals surface area contributed by atoms with E-state index in [0.717, 1.165) is 24.8 Å². The molecule has 0 N–H and O–H groups in total. The van der Waals surface area contributed by atoms with Gasteiger partial charge in [0.2, 0.25) is 0 Å². The molecule has 0 bridgehead atoms. The fourth-order valence-corrected chi connectivity index (χ4v) is 2.91. The summed E-state index contributed by atoms with van der Waals surface area (Å²) in [4.78, 5) is 29.4. The zero-order valence-corrected chi connectivity index (χ0v) is 15.6. The topological polar surface area (TPSA) is 73.7 Å². The van der Waals surface area contributed by atoms with Crippen LogP contribution in [0, 0.1) is 5.92 Å². The van der Waals surface area contributed by atoms with E-state index < -0.39 is 13.1 Å². The van der Waals surface area contributed by atoms with Gasteiger partial charge in [0, 0.05) is 11.9 Å². The molecular weight excluding hydrogens is 368 g/mol. The summed E-state index contributed by atoms with van der Waals surface area (Å²) in [7, 11) is 0.698. The Morgan fingerprint density at radius 3 is 2.85 bits per heavy atom. The maximum atomic E-state index is 12.2. The van der Waals surface area contributed by atoms with E-state index in [1.54, 1.807) is 11.0 Å². The number of nitrogens with zero attached hydrogens (tertiary/aromatic N) is 3. The molecule has 27 heavy (non-hydrogen) atoms. The lowest BCUT2D eigenvalue weighted by molar-refractivity contribution is -0.137. The Balaban J connectivity index is 0.00000261. The molecule has 7 nitrogen and oxygen atoms in total. The fourth-order valence-electron chi connectivity index (χ4n) is 2.77. The first-order chi connectivity index (χ1) is 12.5. The number of likely N-dealkylation sites (N-methyl/N-ethyl adjacent to an activating group) is 1. The van der Waals surface area contributed by atoms with Crippen LogP contribution in [0.25, 0.3) is 11.0 Å². The first-order valence-corrected chi connectivity index (χ1v) is 9.02. The van der Waals surface area contributed by atoms with Crippen LogP contribution in [0.2, 0.25) is 5.15 Å². The molecule has 0 saturated heterocycles. The van der Waals surface area contributed by atoms with Gasteiger partial charge in [0.15, 0.2) is 0 Å². The molecule has 2 heterocycles. The summed E-state index contributed by atoms with van der Waals surface area (Å²) in [5.41, 5.74) is 1.28. The predicted octanol–water partition coefficient (Wildman–Crippen LogP) is 2.10. The van der Waals surface area contributed by atoms with Crippen molar-refractivity contribution in [3.8, 4) is 0 Å². The van der Waals surface area contributed by atoms with E-state index >= 15 is 0 Å². The van der Waals surface area contributed by atoms with Gasteiger partial charge in [0.1, 0.15) is 10.8 Å². The standard InChI is InChI=1S/C17H21BClN3O4.CH4/c1-3-21(2)10-16(24)26-18(25-11-23)14-8-13-6-7-15(19)20-17(13)22(14)9-12-4-5-12;/h6-8,11-12H,3-5,9-10H2,1-2H3;1H4. The molecular formula is C18H25BClN3O4. The van der Waals surface area contributed by atoms with E-state index in [2.05, 4.69) is 4.98 Å². The van der Waals surface area contributed by atoms with Gasteiger partial charge in [-0.1, -0.05) is 26.0 Å².